The van der Waals surface area contributed by atoms with E-state index in [9.17, 15) is 4.79 Å². The first-order chi connectivity index (χ1) is 8.60. The summed E-state index contributed by atoms with van der Waals surface area (Å²) >= 11 is 12.6. The number of benzene rings is 1. The fourth-order valence-corrected chi connectivity index (χ4v) is 3.87. The zero-order valence-electron chi connectivity index (χ0n) is 9.83. The lowest BCUT2D eigenvalue weighted by Crippen LogP contribution is -2.28. The van der Waals surface area contributed by atoms with E-state index in [-0.39, 0.29) is 5.91 Å². The third-order valence-corrected chi connectivity index (χ3v) is 4.33. The van der Waals surface area contributed by atoms with Crippen LogP contribution in [0.15, 0.2) is 27.1 Å². The van der Waals surface area contributed by atoms with E-state index in [1.807, 2.05) is 23.1 Å². The van der Waals surface area contributed by atoms with E-state index in [0.29, 0.717) is 11.8 Å². The standard InChI is InChI=1S/C13H14Br2ClNO/c14-11-5-10(6-12(15)7-11)13(18)17-4-2-9(8-17)1-3-16/h5-7,9H,1-4,8H2. The van der Waals surface area contributed by atoms with Crippen LogP contribution in [0.3, 0.4) is 0 Å². The van der Waals surface area contributed by atoms with E-state index in [4.69, 9.17) is 11.6 Å². The fourth-order valence-electron chi connectivity index (χ4n) is 2.27. The van der Waals surface area contributed by atoms with Crippen LogP contribution in [-0.4, -0.2) is 29.8 Å². The summed E-state index contributed by atoms with van der Waals surface area (Å²) in [6.45, 7) is 1.67. The Morgan fingerprint density at radius 3 is 2.61 bits per heavy atom. The molecule has 0 N–H and O–H groups in total. The van der Waals surface area contributed by atoms with Gasteiger partial charge in [-0.3, -0.25) is 4.79 Å². The number of alkyl halides is 1. The van der Waals surface area contributed by atoms with E-state index in [2.05, 4.69) is 31.9 Å². The monoisotopic (exact) mass is 393 g/mol. The molecular formula is C13H14Br2ClNO. The van der Waals surface area contributed by atoms with E-state index < -0.39 is 0 Å². The molecule has 1 saturated heterocycles. The van der Waals surface area contributed by atoms with Crippen LogP contribution < -0.4 is 0 Å². The van der Waals surface area contributed by atoms with Gasteiger partial charge in [0.05, 0.1) is 0 Å². The Balaban J connectivity index is 2.08. The topological polar surface area (TPSA) is 20.3 Å². The van der Waals surface area contributed by atoms with E-state index >= 15 is 0 Å². The Bertz CT molecular complexity index is 432. The maximum atomic E-state index is 12.4. The Kier molecular flexibility index (Phi) is 5.10. The quantitative estimate of drug-likeness (QED) is 0.699. The van der Waals surface area contributed by atoms with Crippen molar-refractivity contribution in [1.82, 2.24) is 4.90 Å². The number of halogens is 3. The maximum absolute atomic E-state index is 12.4. The van der Waals surface area contributed by atoms with Crippen LogP contribution in [0.4, 0.5) is 0 Å². The van der Waals surface area contributed by atoms with Crippen LogP contribution in [0.2, 0.25) is 0 Å². The Labute approximate surface area is 129 Å². The summed E-state index contributed by atoms with van der Waals surface area (Å²) in [6, 6.07) is 5.65. The van der Waals surface area contributed by atoms with Crippen molar-refractivity contribution in [3.05, 3.63) is 32.7 Å². The molecule has 5 heteroatoms. The molecule has 0 radical (unpaired) electrons. The highest BCUT2D eigenvalue weighted by Crippen LogP contribution is 2.25. The number of rotatable bonds is 3. The predicted octanol–water partition coefficient (Wildman–Crippen LogP) is 4.30. The van der Waals surface area contributed by atoms with Crippen molar-refractivity contribution in [2.45, 2.75) is 12.8 Å². The van der Waals surface area contributed by atoms with Crippen LogP contribution in [0, 0.1) is 5.92 Å². The second-order valence-electron chi connectivity index (χ2n) is 4.54. The predicted molar refractivity (Wildman–Crippen MR) is 81.2 cm³/mol. The molecule has 0 spiro atoms. The van der Waals surface area contributed by atoms with Gasteiger partial charge in [0.25, 0.3) is 5.91 Å². The number of carbonyl (C=O) groups is 1. The summed E-state index contributed by atoms with van der Waals surface area (Å²) in [5.74, 6) is 1.34. The highest BCUT2D eigenvalue weighted by molar-refractivity contribution is 9.11. The lowest BCUT2D eigenvalue weighted by Gasteiger charge is -2.16. The number of likely N-dealkylation sites (tertiary alicyclic amines) is 1. The van der Waals surface area contributed by atoms with Crippen molar-refractivity contribution in [1.29, 1.82) is 0 Å². The second kappa shape index (κ2) is 6.40. The largest absolute Gasteiger partial charge is 0.338 e. The minimum Gasteiger partial charge on any atom is -0.338 e. The Morgan fingerprint density at radius 2 is 2.00 bits per heavy atom. The third-order valence-electron chi connectivity index (χ3n) is 3.20. The van der Waals surface area contributed by atoms with E-state index in [0.717, 1.165) is 40.4 Å². The minimum atomic E-state index is 0.106. The summed E-state index contributed by atoms with van der Waals surface area (Å²) in [7, 11) is 0. The molecule has 0 bridgehead atoms. The van der Waals surface area contributed by atoms with Crippen molar-refractivity contribution in [2.75, 3.05) is 19.0 Å². The smallest absolute Gasteiger partial charge is 0.253 e. The summed E-state index contributed by atoms with van der Waals surface area (Å²) in [4.78, 5) is 14.3. The molecule has 1 fully saturated rings. The molecule has 1 aliphatic heterocycles. The molecule has 98 valence electrons. The lowest BCUT2D eigenvalue weighted by atomic mass is 10.1. The molecule has 1 heterocycles. The molecule has 18 heavy (non-hydrogen) atoms. The molecule has 1 atom stereocenters. The normalized spacial score (nSPS) is 19.3. The molecule has 1 aromatic rings. The van der Waals surface area contributed by atoms with Crippen molar-refractivity contribution in [3.63, 3.8) is 0 Å². The summed E-state index contributed by atoms with van der Waals surface area (Å²) in [6.07, 6.45) is 2.06. The molecule has 1 unspecified atom stereocenters. The average molecular weight is 396 g/mol. The van der Waals surface area contributed by atoms with Crippen LogP contribution in [-0.2, 0) is 0 Å². The van der Waals surface area contributed by atoms with Gasteiger partial charge < -0.3 is 4.90 Å². The van der Waals surface area contributed by atoms with Gasteiger partial charge in [-0.15, -0.1) is 11.6 Å². The molecule has 1 aliphatic rings. The van der Waals surface area contributed by atoms with Crippen molar-refractivity contribution >= 4 is 49.4 Å². The van der Waals surface area contributed by atoms with E-state index in [1.165, 1.54) is 0 Å². The molecule has 0 aliphatic carbocycles. The molecule has 1 aromatic carbocycles. The third kappa shape index (κ3) is 3.49. The van der Waals surface area contributed by atoms with Crippen LogP contribution in [0.25, 0.3) is 0 Å². The fraction of sp³-hybridized carbons (Fsp3) is 0.462. The van der Waals surface area contributed by atoms with Crippen molar-refractivity contribution < 1.29 is 4.79 Å². The van der Waals surface area contributed by atoms with Crippen molar-refractivity contribution in [3.8, 4) is 0 Å². The minimum absolute atomic E-state index is 0.106. The zero-order chi connectivity index (χ0) is 13.1. The number of hydrogen-bond donors (Lipinski definition) is 0. The average Bonchev–Trinajstić information content (AvgIpc) is 2.76. The molecular weight excluding hydrogens is 381 g/mol. The van der Waals surface area contributed by atoms with E-state index in [1.54, 1.807) is 0 Å². The van der Waals surface area contributed by atoms with Gasteiger partial charge in [0.1, 0.15) is 0 Å². The first-order valence-electron chi connectivity index (χ1n) is 5.91. The molecule has 0 saturated carbocycles. The van der Waals surface area contributed by atoms with Gasteiger partial charge in [-0.25, -0.2) is 0 Å². The van der Waals surface area contributed by atoms with Crippen LogP contribution in [0.5, 0.6) is 0 Å². The molecule has 2 nitrogen and oxygen atoms in total. The van der Waals surface area contributed by atoms with Crippen molar-refractivity contribution in [2.24, 2.45) is 5.92 Å². The molecule has 0 aromatic heterocycles. The van der Waals surface area contributed by atoms with Gasteiger partial charge in [-0.2, -0.15) is 0 Å². The number of carbonyl (C=O) groups excluding carboxylic acids is 1. The lowest BCUT2D eigenvalue weighted by molar-refractivity contribution is 0.0787. The first kappa shape index (κ1) is 14.4. The van der Waals surface area contributed by atoms with Gasteiger partial charge in [0, 0.05) is 33.5 Å². The van der Waals surface area contributed by atoms with Gasteiger partial charge in [0.15, 0.2) is 0 Å². The van der Waals surface area contributed by atoms with Gasteiger partial charge in [0.2, 0.25) is 0 Å². The SMILES string of the molecule is O=C(c1cc(Br)cc(Br)c1)N1CCC(CCCl)C1. The molecule has 2 rings (SSSR count). The zero-order valence-corrected chi connectivity index (χ0v) is 13.8. The van der Waals surface area contributed by atoms with Crippen LogP contribution >= 0.6 is 43.5 Å². The summed E-state index contributed by atoms with van der Waals surface area (Å²) < 4.78 is 1.83. The van der Waals surface area contributed by atoms with Crippen LogP contribution in [0.1, 0.15) is 23.2 Å². The maximum Gasteiger partial charge on any atom is 0.253 e. The summed E-state index contributed by atoms with van der Waals surface area (Å²) in [5, 5.41) is 0. The molecule has 1 amide bonds. The second-order valence-corrected chi connectivity index (χ2v) is 6.75. The number of amides is 1. The van der Waals surface area contributed by atoms with Gasteiger partial charge >= 0.3 is 0 Å². The van der Waals surface area contributed by atoms with Gasteiger partial charge in [-0.1, -0.05) is 31.9 Å². The number of nitrogens with zero attached hydrogens (tertiary/aromatic N) is 1. The summed E-state index contributed by atoms with van der Waals surface area (Å²) in [5.41, 5.74) is 0.725. The number of hydrogen-bond acceptors (Lipinski definition) is 1. The Hall–Kier alpha value is -0.0600. The first-order valence-corrected chi connectivity index (χ1v) is 8.03. The highest BCUT2D eigenvalue weighted by Gasteiger charge is 2.26. The van der Waals surface area contributed by atoms with Gasteiger partial charge in [-0.05, 0) is 37.0 Å². The Morgan fingerprint density at radius 1 is 1.33 bits per heavy atom. The highest BCUT2D eigenvalue weighted by atomic mass is 79.9.